The lowest BCUT2D eigenvalue weighted by Crippen LogP contribution is -2.32. The van der Waals surface area contributed by atoms with Gasteiger partial charge in [0.25, 0.3) is 0 Å². The van der Waals surface area contributed by atoms with Crippen molar-refractivity contribution in [3.63, 3.8) is 0 Å². The van der Waals surface area contributed by atoms with Crippen molar-refractivity contribution >= 4 is 23.3 Å². The molecule has 0 aromatic carbocycles. The van der Waals surface area contributed by atoms with Crippen molar-refractivity contribution in [2.75, 3.05) is 12.4 Å². The first-order chi connectivity index (χ1) is 7.04. The summed E-state index contributed by atoms with van der Waals surface area (Å²) in [7, 11) is 1.44. The molecule has 1 atom stereocenters. The van der Waals surface area contributed by atoms with E-state index in [1.54, 1.807) is 6.92 Å². The van der Waals surface area contributed by atoms with Gasteiger partial charge in [-0.25, -0.2) is 4.98 Å². The van der Waals surface area contributed by atoms with Crippen LogP contribution in [0, 0.1) is 0 Å². The molecule has 1 amide bonds. The van der Waals surface area contributed by atoms with Crippen LogP contribution in [0.5, 0.6) is 6.01 Å². The Morgan fingerprint density at radius 1 is 1.73 bits per heavy atom. The summed E-state index contributed by atoms with van der Waals surface area (Å²) in [4.78, 5) is 18.5. The predicted octanol–water partition coefficient (Wildman–Crippen LogP) is 0.424. The maximum Gasteiger partial charge on any atom is 0.318 e. The van der Waals surface area contributed by atoms with Gasteiger partial charge in [0.15, 0.2) is 5.82 Å². The van der Waals surface area contributed by atoms with Crippen LogP contribution >= 0.6 is 11.6 Å². The van der Waals surface area contributed by atoms with Gasteiger partial charge < -0.3 is 15.8 Å². The number of aromatic nitrogens is 2. The zero-order valence-corrected chi connectivity index (χ0v) is 9.08. The second-order valence-corrected chi connectivity index (χ2v) is 3.23. The summed E-state index contributed by atoms with van der Waals surface area (Å²) in [5.41, 5.74) is 5.09. The molecule has 0 aliphatic rings. The first-order valence-electron chi connectivity index (χ1n) is 4.17. The molecule has 0 aliphatic heterocycles. The molecule has 0 saturated carbocycles. The molecule has 82 valence electrons. The number of hydrogen-bond acceptors (Lipinski definition) is 5. The Labute approximate surface area is 91.8 Å². The van der Waals surface area contributed by atoms with Crippen molar-refractivity contribution < 1.29 is 9.53 Å². The number of nitrogens with one attached hydrogen (secondary N) is 1. The number of hydrogen-bond donors (Lipinski definition) is 2. The number of carbonyl (C=O) groups is 1. The van der Waals surface area contributed by atoms with Crippen molar-refractivity contribution in [1.29, 1.82) is 0 Å². The number of halogens is 1. The van der Waals surface area contributed by atoms with Crippen molar-refractivity contribution in [3.8, 4) is 6.01 Å². The number of primary amides is 1. The molecule has 0 saturated heterocycles. The Kier molecular flexibility index (Phi) is 3.68. The van der Waals surface area contributed by atoms with E-state index >= 15 is 0 Å². The Bertz CT molecular complexity index is 372. The fraction of sp³-hybridized carbons (Fsp3) is 0.375. The van der Waals surface area contributed by atoms with Gasteiger partial charge in [0.05, 0.1) is 13.3 Å². The van der Waals surface area contributed by atoms with E-state index in [-0.39, 0.29) is 6.01 Å². The van der Waals surface area contributed by atoms with Crippen LogP contribution in [0.15, 0.2) is 6.20 Å². The Balaban J connectivity index is 2.88. The number of anilines is 1. The van der Waals surface area contributed by atoms with Crippen LogP contribution in [-0.4, -0.2) is 29.0 Å². The van der Waals surface area contributed by atoms with Gasteiger partial charge in [-0.1, -0.05) is 11.6 Å². The van der Waals surface area contributed by atoms with Crippen molar-refractivity contribution in [2.24, 2.45) is 5.73 Å². The monoisotopic (exact) mass is 230 g/mol. The maximum atomic E-state index is 10.8. The van der Waals surface area contributed by atoms with Gasteiger partial charge in [-0.3, -0.25) is 4.79 Å². The standard InChI is InChI=1S/C8H11ClN4O2/c1-4(6(10)14)12-7-5(9)3-11-8(13-7)15-2/h3-4H,1-2H3,(H2,10,14)(H,11,12,13). The quantitative estimate of drug-likeness (QED) is 0.783. The smallest absolute Gasteiger partial charge is 0.318 e. The summed E-state index contributed by atoms with van der Waals surface area (Å²) < 4.78 is 4.81. The number of amides is 1. The molecule has 0 spiro atoms. The number of methoxy groups -OCH3 is 1. The molecule has 7 heteroatoms. The van der Waals surface area contributed by atoms with Gasteiger partial charge in [0, 0.05) is 0 Å². The highest BCUT2D eigenvalue weighted by Gasteiger charge is 2.12. The molecule has 6 nitrogen and oxygen atoms in total. The van der Waals surface area contributed by atoms with E-state index in [1.165, 1.54) is 13.3 Å². The predicted molar refractivity (Wildman–Crippen MR) is 55.9 cm³/mol. The van der Waals surface area contributed by atoms with E-state index in [0.29, 0.717) is 10.8 Å². The number of rotatable bonds is 4. The van der Waals surface area contributed by atoms with Crippen LogP contribution in [0.25, 0.3) is 0 Å². The number of carbonyl (C=O) groups excluding carboxylic acids is 1. The molecular formula is C8H11ClN4O2. The van der Waals surface area contributed by atoms with Gasteiger partial charge in [-0.15, -0.1) is 0 Å². The fourth-order valence-corrected chi connectivity index (χ4v) is 0.972. The Hall–Kier alpha value is -1.56. The summed E-state index contributed by atoms with van der Waals surface area (Å²) in [6.07, 6.45) is 1.38. The zero-order valence-electron chi connectivity index (χ0n) is 8.32. The fourth-order valence-electron chi connectivity index (χ4n) is 0.827. The third-order valence-electron chi connectivity index (χ3n) is 1.68. The second-order valence-electron chi connectivity index (χ2n) is 2.82. The van der Waals surface area contributed by atoms with E-state index in [2.05, 4.69) is 15.3 Å². The second kappa shape index (κ2) is 4.79. The van der Waals surface area contributed by atoms with Crippen LogP contribution in [0.3, 0.4) is 0 Å². The third kappa shape index (κ3) is 2.95. The van der Waals surface area contributed by atoms with Crippen molar-refractivity contribution in [1.82, 2.24) is 9.97 Å². The summed E-state index contributed by atoms with van der Waals surface area (Å²) in [6, 6.07) is -0.402. The highest BCUT2D eigenvalue weighted by molar-refractivity contribution is 6.32. The molecule has 0 fully saturated rings. The van der Waals surface area contributed by atoms with Crippen LogP contribution in [0.1, 0.15) is 6.92 Å². The lowest BCUT2D eigenvalue weighted by Gasteiger charge is -2.12. The molecule has 0 radical (unpaired) electrons. The molecule has 0 aliphatic carbocycles. The summed E-state index contributed by atoms with van der Waals surface area (Å²) in [5, 5.41) is 3.04. The average molecular weight is 231 g/mol. The molecule has 15 heavy (non-hydrogen) atoms. The van der Waals surface area contributed by atoms with Crippen LogP contribution < -0.4 is 15.8 Å². The Morgan fingerprint density at radius 2 is 2.40 bits per heavy atom. The number of nitrogens with zero attached hydrogens (tertiary/aromatic N) is 2. The first-order valence-corrected chi connectivity index (χ1v) is 4.54. The normalized spacial score (nSPS) is 11.9. The molecule has 1 aromatic heterocycles. The lowest BCUT2D eigenvalue weighted by molar-refractivity contribution is -0.118. The number of ether oxygens (including phenoxy) is 1. The van der Waals surface area contributed by atoms with Gasteiger partial charge in [0.1, 0.15) is 11.1 Å². The molecule has 1 unspecified atom stereocenters. The largest absolute Gasteiger partial charge is 0.467 e. The average Bonchev–Trinajstić information content (AvgIpc) is 2.21. The van der Waals surface area contributed by atoms with Gasteiger partial charge in [-0.05, 0) is 6.92 Å². The number of nitrogens with two attached hydrogens (primary N) is 1. The molecule has 1 heterocycles. The Morgan fingerprint density at radius 3 is 2.93 bits per heavy atom. The van der Waals surface area contributed by atoms with Crippen LogP contribution in [-0.2, 0) is 4.79 Å². The van der Waals surface area contributed by atoms with Crippen LogP contribution in [0.4, 0.5) is 5.82 Å². The topological polar surface area (TPSA) is 90.1 Å². The van der Waals surface area contributed by atoms with Crippen LogP contribution in [0.2, 0.25) is 5.02 Å². The van der Waals surface area contributed by atoms with E-state index in [4.69, 9.17) is 22.1 Å². The molecular weight excluding hydrogens is 220 g/mol. The lowest BCUT2D eigenvalue weighted by atomic mass is 10.3. The minimum atomic E-state index is -0.567. The van der Waals surface area contributed by atoms with Crippen molar-refractivity contribution in [3.05, 3.63) is 11.2 Å². The van der Waals surface area contributed by atoms with E-state index < -0.39 is 11.9 Å². The summed E-state index contributed by atoms with van der Waals surface area (Å²) in [6.45, 7) is 1.60. The third-order valence-corrected chi connectivity index (χ3v) is 1.96. The molecule has 1 aromatic rings. The minimum Gasteiger partial charge on any atom is -0.467 e. The van der Waals surface area contributed by atoms with Crippen molar-refractivity contribution in [2.45, 2.75) is 13.0 Å². The first kappa shape index (κ1) is 11.5. The zero-order chi connectivity index (χ0) is 11.4. The highest BCUT2D eigenvalue weighted by atomic mass is 35.5. The maximum absolute atomic E-state index is 10.8. The summed E-state index contributed by atoms with van der Waals surface area (Å²) >= 11 is 5.81. The summed E-state index contributed by atoms with van der Waals surface area (Å²) in [5.74, 6) is -0.182. The van der Waals surface area contributed by atoms with E-state index in [0.717, 1.165) is 0 Å². The molecule has 0 bridgehead atoms. The van der Waals surface area contributed by atoms with E-state index in [1.807, 2.05) is 0 Å². The molecule has 1 rings (SSSR count). The minimum absolute atomic E-state index is 0.165. The SMILES string of the molecule is COc1ncc(Cl)c(NC(C)C(N)=O)n1. The van der Waals surface area contributed by atoms with Gasteiger partial charge in [-0.2, -0.15) is 4.98 Å². The molecule has 3 N–H and O–H groups in total. The highest BCUT2D eigenvalue weighted by Crippen LogP contribution is 2.20. The van der Waals surface area contributed by atoms with Gasteiger partial charge >= 0.3 is 6.01 Å². The van der Waals surface area contributed by atoms with Gasteiger partial charge in [0.2, 0.25) is 5.91 Å². The van der Waals surface area contributed by atoms with E-state index in [9.17, 15) is 4.79 Å².